The van der Waals surface area contributed by atoms with Crippen molar-refractivity contribution in [1.82, 2.24) is 15.6 Å². The zero-order valence-electron chi connectivity index (χ0n) is 9.95. The first-order valence-corrected chi connectivity index (χ1v) is 5.61. The van der Waals surface area contributed by atoms with Crippen LogP contribution in [0.4, 0.5) is 0 Å². The summed E-state index contributed by atoms with van der Waals surface area (Å²) in [6, 6.07) is 1.15. The standard InChI is InChI=1S/C10H23N5/c1-8(2)13-10(14-11)12-6-7-15(3)9-4-5-9/h8-9H,4-7,11H2,1-3H3,(H2,12,13,14). The predicted molar refractivity (Wildman–Crippen MR) is 63.5 cm³/mol. The van der Waals surface area contributed by atoms with Crippen LogP contribution in [0.25, 0.3) is 0 Å². The lowest BCUT2D eigenvalue weighted by atomic mass is 10.4. The van der Waals surface area contributed by atoms with Crippen LogP contribution in [0.3, 0.4) is 0 Å². The van der Waals surface area contributed by atoms with E-state index in [9.17, 15) is 0 Å². The SMILES string of the molecule is CC(C)NC(=NCCN(C)C1CC1)NN. The van der Waals surface area contributed by atoms with Gasteiger partial charge < -0.3 is 10.2 Å². The minimum Gasteiger partial charge on any atom is -0.353 e. The third kappa shape index (κ3) is 4.99. The van der Waals surface area contributed by atoms with Gasteiger partial charge in [0.05, 0.1) is 6.54 Å². The van der Waals surface area contributed by atoms with Gasteiger partial charge in [-0.1, -0.05) is 0 Å². The van der Waals surface area contributed by atoms with E-state index in [1.807, 2.05) is 0 Å². The molecule has 0 radical (unpaired) electrons. The van der Waals surface area contributed by atoms with Gasteiger partial charge in [0.25, 0.3) is 0 Å². The fourth-order valence-electron chi connectivity index (χ4n) is 1.42. The van der Waals surface area contributed by atoms with Crippen molar-refractivity contribution in [1.29, 1.82) is 0 Å². The van der Waals surface area contributed by atoms with Crippen LogP contribution in [0.1, 0.15) is 26.7 Å². The Labute approximate surface area is 92.1 Å². The molecular formula is C10H23N5. The molecule has 88 valence electrons. The summed E-state index contributed by atoms with van der Waals surface area (Å²) >= 11 is 0. The zero-order valence-corrected chi connectivity index (χ0v) is 9.95. The molecule has 0 bridgehead atoms. The molecule has 4 N–H and O–H groups in total. The van der Waals surface area contributed by atoms with E-state index in [2.05, 4.69) is 41.5 Å². The molecule has 5 heteroatoms. The second-order valence-electron chi connectivity index (χ2n) is 4.39. The van der Waals surface area contributed by atoms with Crippen molar-refractivity contribution in [2.75, 3.05) is 20.1 Å². The first kappa shape index (κ1) is 12.3. The number of hydrogen-bond donors (Lipinski definition) is 3. The lowest BCUT2D eigenvalue weighted by molar-refractivity contribution is 0.333. The molecular weight excluding hydrogens is 190 g/mol. The summed E-state index contributed by atoms with van der Waals surface area (Å²) in [4.78, 5) is 6.71. The van der Waals surface area contributed by atoms with Gasteiger partial charge in [-0.05, 0) is 33.7 Å². The number of guanidine groups is 1. The van der Waals surface area contributed by atoms with Gasteiger partial charge in [-0.3, -0.25) is 10.4 Å². The third-order valence-corrected chi connectivity index (χ3v) is 2.45. The lowest BCUT2D eigenvalue weighted by Crippen LogP contribution is -2.45. The van der Waals surface area contributed by atoms with Gasteiger partial charge >= 0.3 is 0 Å². The predicted octanol–water partition coefficient (Wildman–Crippen LogP) is -0.102. The Bertz CT molecular complexity index is 210. The molecule has 1 aliphatic rings. The van der Waals surface area contributed by atoms with Crippen LogP contribution in [0.15, 0.2) is 4.99 Å². The Balaban J connectivity index is 2.20. The van der Waals surface area contributed by atoms with Crippen molar-refractivity contribution >= 4 is 5.96 Å². The van der Waals surface area contributed by atoms with E-state index in [0.29, 0.717) is 12.0 Å². The fourth-order valence-corrected chi connectivity index (χ4v) is 1.42. The van der Waals surface area contributed by atoms with E-state index in [-0.39, 0.29) is 0 Å². The number of nitrogens with zero attached hydrogens (tertiary/aromatic N) is 2. The summed E-state index contributed by atoms with van der Waals surface area (Å²) in [6.07, 6.45) is 2.68. The van der Waals surface area contributed by atoms with Crippen LogP contribution in [0.2, 0.25) is 0 Å². The quantitative estimate of drug-likeness (QED) is 0.258. The molecule has 1 aliphatic carbocycles. The summed E-state index contributed by atoms with van der Waals surface area (Å²) in [6.45, 7) is 5.90. The van der Waals surface area contributed by atoms with Gasteiger partial charge in [0.15, 0.2) is 0 Å². The molecule has 5 nitrogen and oxygen atoms in total. The highest BCUT2D eigenvalue weighted by Crippen LogP contribution is 2.24. The molecule has 1 fully saturated rings. The van der Waals surface area contributed by atoms with Crippen LogP contribution in [0, 0.1) is 0 Å². The molecule has 15 heavy (non-hydrogen) atoms. The smallest absolute Gasteiger partial charge is 0.205 e. The number of likely N-dealkylation sites (N-methyl/N-ethyl adjacent to an activating group) is 1. The molecule has 0 heterocycles. The molecule has 0 unspecified atom stereocenters. The Kier molecular flexibility index (Phi) is 4.84. The second kappa shape index (κ2) is 5.92. The molecule has 0 aromatic heterocycles. The summed E-state index contributed by atoms with van der Waals surface area (Å²) in [5.41, 5.74) is 2.57. The van der Waals surface area contributed by atoms with Crippen molar-refractivity contribution in [3.63, 3.8) is 0 Å². The molecule has 1 rings (SSSR count). The van der Waals surface area contributed by atoms with Crippen molar-refractivity contribution in [3.8, 4) is 0 Å². The van der Waals surface area contributed by atoms with Crippen LogP contribution >= 0.6 is 0 Å². The number of hydrogen-bond acceptors (Lipinski definition) is 3. The van der Waals surface area contributed by atoms with E-state index in [0.717, 1.165) is 19.1 Å². The average Bonchev–Trinajstić information content (AvgIpc) is 2.98. The molecule has 0 spiro atoms. The van der Waals surface area contributed by atoms with Crippen molar-refractivity contribution in [2.24, 2.45) is 10.8 Å². The van der Waals surface area contributed by atoms with Gasteiger partial charge in [-0.2, -0.15) is 0 Å². The van der Waals surface area contributed by atoms with Gasteiger partial charge in [0.2, 0.25) is 5.96 Å². The monoisotopic (exact) mass is 213 g/mol. The minimum absolute atomic E-state index is 0.348. The molecule has 0 atom stereocenters. The van der Waals surface area contributed by atoms with Gasteiger partial charge in [-0.25, -0.2) is 5.84 Å². The summed E-state index contributed by atoms with van der Waals surface area (Å²) in [7, 11) is 2.15. The van der Waals surface area contributed by atoms with Crippen LogP contribution in [-0.4, -0.2) is 43.1 Å². The summed E-state index contributed by atoms with van der Waals surface area (Å²) in [5.74, 6) is 6.03. The number of aliphatic imine (C=N–C) groups is 1. The van der Waals surface area contributed by atoms with E-state index in [1.54, 1.807) is 0 Å². The van der Waals surface area contributed by atoms with E-state index < -0.39 is 0 Å². The van der Waals surface area contributed by atoms with E-state index in [4.69, 9.17) is 5.84 Å². The number of nitrogens with one attached hydrogen (secondary N) is 2. The molecule has 1 saturated carbocycles. The minimum atomic E-state index is 0.348. The maximum absolute atomic E-state index is 5.35. The Morgan fingerprint density at radius 3 is 2.67 bits per heavy atom. The van der Waals surface area contributed by atoms with Crippen molar-refractivity contribution in [3.05, 3.63) is 0 Å². The highest BCUT2D eigenvalue weighted by Gasteiger charge is 2.25. The second-order valence-corrected chi connectivity index (χ2v) is 4.39. The molecule has 0 aromatic carbocycles. The number of nitrogens with two attached hydrogens (primary N) is 1. The maximum atomic E-state index is 5.35. The summed E-state index contributed by atoms with van der Waals surface area (Å²) in [5, 5.41) is 3.14. The normalized spacial score (nSPS) is 17.3. The first-order chi connectivity index (χ1) is 7.13. The Morgan fingerprint density at radius 1 is 1.53 bits per heavy atom. The Hall–Kier alpha value is -0.810. The number of rotatable bonds is 5. The zero-order chi connectivity index (χ0) is 11.3. The van der Waals surface area contributed by atoms with E-state index >= 15 is 0 Å². The highest BCUT2D eigenvalue weighted by atomic mass is 15.3. The summed E-state index contributed by atoms with van der Waals surface area (Å²) < 4.78 is 0. The third-order valence-electron chi connectivity index (χ3n) is 2.45. The highest BCUT2D eigenvalue weighted by molar-refractivity contribution is 5.79. The van der Waals surface area contributed by atoms with Gasteiger partial charge in [0.1, 0.15) is 0 Å². The number of hydrazine groups is 1. The van der Waals surface area contributed by atoms with Crippen LogP contribution in [-0.2, 0) is 0 Å². The van der Waals surface area contributed by atoms with Gasteiger partial charge in [0, 0.05) is 18.6 Å². The van der Waals surface area contributed by atoms with Crippen molar-refractivity contribution in [2.45, 2.75) is 38.8 Å². The molecule has 0 amide bonds. The largest absolute Gasteiger partial charge is 0.353 e. The van der Waals surface area contributed by atoms with Crippen LogP contribution in [0.5, 0.6) is 0 Å². The molecule has 0 aliphatic heterocycles. The lowest BCUT2D eigenvalue weighted by Gasteiger charge is -2.15. The molecule has 0 aromatic rings. The van der Waals surface area contributed by atoms with Gasteiger partial charge in [-0.15, -0.1) is 0 Å². The first-order valence-electron chi connectivity index (χ1n) is 5.61. The van der Waals surface area contributed by atoms with E-state index in [1.165, 1.54) is 12.8 Å². The van der Waals surface area contributed by atoms with Crippen molar-refractivity contribution < 1.29 is 0 Å². The fraction of sp³-hybridized carbons (Fsp3) is 0.900. The Morgan fingerprint density at radius 2 is 2.20 bits per heavy atom. The molecule has 0 saturated heterocycles. The maximum Gasteiger partial charge on any atom is 0.205 e. The average molecular weight is 213 g/mol. The topological polar surface area (TPSA) is 65.7 Å². The van der Waals surface area contributed by atoms with Crippen LogP contribution < -0.4 is 16.6 Å².